The molecule has 0 aromatic carbocycles. The van der Waals surface area contributed by atoms with E-state index in [1.54, 1.807) is 0 Å². The summed E-state index contributed by atoms with van der Waals surface area (Å²) >= 11 is 0. The lowest BCUT2D eigenvalue weighted by Crippen LogP contribution is -2.49. The van der Waals surface area contributed by atoms with Crippen molar-refractivity contribution < 1.29 is 9.59 Å². The Morgan fingerprint density at radius 3 is 1.56 bits per heavy atom. The van der Waals surface area contributed by atoms with Gasteiger partial charge in [-0.05, 0) is 0 Å². The number of nitrogens with one attached hydrogen (secondary N) is 2. The van der Waals surface area contributed by atoms with Crippen molar-refractivity contribution in [2.24, 2.45) is 0 Å². The fourth-order valence-corrected chi connectivity index (χ4v) is 0.513. The minimum Gasteiger partial charge on any atom is -0.346 e. The number of amides is 2. The van der Waals surface area contributed by atoms with Crippen LogP contribution in [-0.2, 0) is 9.59 Å². The van der Waals surface area contributed by atoms with Gasteiger partial charge in [0, 0.05) is 13.1 Å². The fourth-order valence-electron chi connectivity index (χ4n) is 0.513. The van der Waals surface area contributed by atoms with Crippen molar-refractivity contribution in [1.82, 2.24) is 16.8 Å². The van der Waals surface area contributed by atoms with Crippen LogP contribution in [0.1, 0.15) is 0 Å². The van der Waals surface area contributed by atoms with E-state index in [0.29, 0.717) is 13.1 Å². The van der Waals surface area contributed by atoms with Crippen molar-refractivity contribution in [3.05, 3.63) is 0 Å². The highest BCUT2D eigenvalue weighted by Crippen LogP contribution is 1.73. The molecule has 1 fully saturated rings. The molecule has 0 spiro atoms. The third-order valence-corrected chi connectivity index (χ3v) is 0.902. The molecular weight excluding hydrogens is 122 g/mol. The highest BCUT2D eigenvalue weighted by atomic mass is 16.2. The zero-order chi connectivity index (χ0) is 5.98. The molecule has 0 aromatic heterocycles. The molecule has 5 heteroatoms. The fraction of sp³-hybridized carbons (Fsp3) is 0.500. The molecule has 0 atom stereocenters. The van der Waals surface area contributed by atoms with E-state index in [-0.39, 0.29) is 6.15 Å². The SMILES string of the molecule is N.O=C1NCCNC1=O. The van der Waals surface area contributed by atoms with Crippen LogP contribution in [-0.4, -0.2) is 24.9 Å². The van der Waals surface area contributed by atoms with E-state index in [0.717, 1.165) is 0 Å². The Kier molecular flexibility index (Phi) is 2.66. The van der Waals surface area contributed by atoms with E-state index in [4.69, 9.17) is 0 Å². The van der Waals surface area contributed by atoms with Gasteiger partial charge in [-0.3, -0.25) is 9.59 Å². The van der Waals surface area contributed by atoms with Gasteiger partial charge in [-0.15, -0.1) is 0 Å². The van der Waals surface area contributed by atoms with Crippen LogP contribution in [0.15, 0.2) is 0 Å². The van der Waals surface area contributed by atoms with Crippen LogP contribution in [0.2, 0.25) is 0 Å². The summed E-state index contributed by atoms with van der Waals surface area (Å²) in [6, 6.07) is 0. The van der Waals surface area contributed by atoms with Crippen molar-refractivity contribution in [3.63, 3.8) is 0 Å². The van der Waals surface area contributed by atoms with E-state index in [1.165, 1.54) is 0 Å². The molecular formula is C4H9N3O2. The van der Waals surface area contributed by atoms with Gasteiger partial charge in [-0.2, -0.15) is 0 Å². The van der Waals surface area contributed by atoms with Crippen molar-refractivity contribution in [2.45, 2.75) is 0 Å². The highest BCUT2D eigenvalue weighted by Gasteiger charge is 2.15. The molecule has 52 valence electrons. The van der Waals surface area contributed by atoms with Crippen LogP contribution in [0.5, 0.6) is 0 Å². The van der Waals surface area contributed by atoms with E-state index >= 15 is 0 Å². The zero-order valence-corrected chi connectivity index (χ0v) is 4.94. The number of carbonyl (C=O) groups excluding carboxylic acids is 2. The minimum atomic E-state index is -0.531. The van der Waals surface area contributed by atoms with Crippen molar-refractivity contribution >= 4 is 11.8 Å². The van der Waals surface area contributed by atoms with Gasteiger partial charge in [0.1, 0.15) is 0 Å². The maximum atomic E-state index is 10.3. The van der Waals surface area contributed by atoms with Crippen molar-refractivity contribution in [3.8, 4) is 0 Å². The topological polar surface area (TPSA) is 93.2 Å². The Bertz CT molecular complexity index is 118. The van der Waals surface area contributed by atoms with Gasteiger partial charge >= 0.3 is 11.8 Å². The Morgan fingerprint density at radius 2 is 1.33 bits per heavy atom. The summed E-state index contributed by atoms with van der Waals surface area (Å²) in [4.78, 5) is 20.5. The minimum absolute atomic E-state index is 0. The molecule has 1 saturated heterocycles. The first-order chi connectivity index (χ1) is 3.80. The monoisotopic (exact) mass is 131 g/mol. The van der Waals surface area contributed by atoms with Gasteiger partial charge in [-0.1, -0.05) is 0 Å². The van der Waals surface area contributed by atoms with Crippen LogP contribution >= 0.6 is 0 Å². The number of piperazine rings is 1. The van der Waals surface area contributed by atoms with E-state index in [9.17, 15) is 9.59 Å². The second-order valence-electron chi connectivity index (χ2n) is 1.51. The summed E-state index contributed by atoms with van der Waals surface area (Å²) in [5.41, 5.74) is 0. The quantitative estimate of drug-likeness (QED) is 0.345. The molecule has 0 bridgehead atoms. The lowest BCUT2D eigenvalue weighted by Gasteiger charge is -2.10. The number of hydrogen-bond acceptors (Lipinski definition) is 3. The maximum absolute atomic E-state index is 10.3. The Labute approximate surface area is 52.4 Å². The van der Waals surface area contributed by atoms with Crippen LogP contribution in [0.25, 0.3) is 0 Å². The summed E-state index contributed by atoms with van der Waals surface area (Å²) in [5, 5.41) is 4.76. The van der Waals surface area contributed by atoms with Gasteiger partial charge in [0.15, 0.2) is 0 Å². The third kappa shape index (κ3) is 1.69. The predicted molar refractivity (Wildman–Crippen MR) is 31.0 cm³/mol. The lowest BCUT2D eigenvalue weighted by molar-refractivity contribution is -0.140. The molecule has 1 aliphatic heterocycles. The molecule has 0 aromatic rings. The number of hydrogen-bond donors (Lipinski definition) is 3. The summed E-state index contributed by atoms with van der Waals surface area (Å²) in [6.07, 6.45) is 0. The second-order valence-corrected chi connectivity index (χ2v) is 1.51. The highest BCUT2D eigenvalue weighted by molar-refractivity contribution is 6.35. The van der Waals surface area contributed by atoms with E-state index in [2.05, 4.69) is 10.6 Å². The first-order valence-electron chi connectivity index (χ1n) is 2.37. The van der Waals surface area contributed by atoms with Crippen molar-refractivity contribution in [1.29, 1.82) is 0 Å². The normalized spacial score (nSPS) is 17.3. The summed E-state index contributed by atoms with van der Waals surface area (Å²) < 4.78 is 0. The number of carbonyl (C=O) groups is 2. The van der Waals surface area contributed by atoms with Gasteiger partial charge in [-0.25, -0.2) is 0 Å². The summed E-state index contributed by atoms with van der Waals surface area (Å²) in [7, 11) is 0. The molecule has 0 unspecified atom stereocenters. The van der Waals surface area contributed by atoms with Crippen LogP contribution < -0.4 is 16.8 Å². The molecule has 5 N–H and O–H groups in total. The smallest absolute Gasteiger partial charge is 0.309 e. The third-order valence-electron chi connectivity index (χ3n) is 0.902. The molecule has 9 heavy (non-hydrogen) atoms. The molecule has 5 nitrogen and oxygen atoms in total. The first kappa shape index (κ1) is 7.90. The molecule has 2 amide bonds. The second kappa shape index (κ2) is 3.03. The van der Waals surface area contributed by atoms with Gasteiger partial charge < -0.3 is 16.8 Å². The average Bonchev–Trinajstić information content (AvgIpc) is 1.77. The van der Waals surface area contributed by atoms with Crippen LogP contribution in [0, 0.1) is 0 Å². The largest absolute Gasteiger partial charge is 0.346 e. The maximum Gasteiger partial charge on any atom is 0.309 e. The molecule has 0 radical (unpaired) electrons. The van der Waals surface area contributed by atoms with Crippen LogP contribution in [0.3, 0.4) is 0 Å². The molecule has 0 saturated carbocycles. The molecule has 0 aliphatic carbocycles. The molecule has 1 heterocycles. The standard InChI is InChI=1S/C4H6N2O2.H3N/c7-3-4(8)6-2-1-5-3;/h1-2H2,(H,5,7)(H,6,8);1H3. The lowest BCUT2D eigenvalue weighted by atomic mass is 10.4. The zero-order valence-electron chi connectivity index (χ0n) is 4.94. The predicted octanol–water partition coefficient (Wildman–Crippen LogP) is -1.61. The summed E-state index contributed by atoms with van der Waals surface area (Å²) in [6.45, 7) is 1.09. The molecule has 1 aliphatic rings. The Balaban J connectivity index is 0.000000640. The van der Waals surface area contributed by atoms with Crippen LogP contribution in [0.4, 0.5) is 0 Å². The van der Waals surface area contributed by atoms with Gasteiger partial charge in [0.05, 0.1) is 0 Å². The molecule has 1 rings (SSSR count). The Hall–Kier alpha value is -1.10. The Morgan fingerprint density at radius 1 is 1.00 bits per heavy atom. The van der Waals surface area contributed by atoms with Gasteiger partial charge in [0.2, 0.25) is 0 Å². The first-order valence-corrected chi connectivity index (χ1v) is 2.37. The number of rotatable bonds is 0. The van der Waals surface area contributed by atoms with E-state index in [1.807, 2.05) is 0 Å². The van der Waals surface area contributed by atoms with E-state index < -0.39 is 11.8 Å². The summed E-state index contributed by atoms with van der Waals surface area (Å²) in [5.74, 6) is -1.06. The van der Waals surface area contributed by atoms with Gasteiger partial charge in [0.25, 0.3) is 0 Å². The van der Waals surface area contributed by atoms with Crippen molar-refractivity contribution in [2.75, 3.05) is 13.1 Å². The average molecular weight is 131 g/mol.